The van der Waals surface area contributed by atoms with Crippen LogP contribution < -0.4 is 14.8 Å². The second-order valence-electron chi connectivity index (χ2n) is 4.40. The van der Waals surface area contributed by atoms with Gasteiger partial charge in [0, 0.05) is 12.7 Å². The zero-order valence-electron chi connectivity index (χ0n) is 12.1. The zero-order valence-corrected chi connectivity index (χ0v) is 12.9. The van der Waals surface area contributed by atoms with Crippen LogP contribution in [0.25, 0.3) is 0 Å². The SMILES string of the molecule is CCNCc1ccc(OC)c(OCc2cnc(C)s2)c1. The highest BCUT2D eigenvalue weighted by atomic mass is 32.1. The third kappa shape index (κ3) is 3.95. The number of nitrogens with zero attached hydrogens (tertiary/aromatic N) is 1. The minimum absolute atomic E-state index is 0.520. The van der Waals surface area contributed by atoms with E-state index in [1.54, 1.807) is 18.4 Å². The van der Waals surface area contributed by atoms with Gasteiger partial charge >= 0.3 is 0 Å². The standard InChI is InChI=1S/C15H20N2O2S/c1-4-16-8-12-5-6-14(18-3)15(7-12)19-10-13-9-17-11(2)20-13/h5-7,9,16H,4,8,10H2,1-3H3. The predicted octanol–water partition coefficient (Wildman–Crippen LogP) is 3.15. The van der Waals surface area contributed by atoms with Gasteiger partial charge in [-0.2, -0.15) is 0 Å². The minimum Gasteiger partial charge on any atom is -0.493 e. The molecular weight excluding hydrogens is 272 g/mol. The molecule has 0 atom stereocenters. The number of thiazole rings is 1. The van der Waals surface area contributed by atoms with Crippen molar-refractivity contribution in [3.8, 4) is 11.5 Å². The van der Waals surface area contributed by atoms with Crippen molar-refractivity contribution < 1.29 is 9.47 Å². The molecule has 0 saturated heterocycles. The van der Waals surface area contributed by atoms with E-state index in [0.29, 0.717) is 6.61 Å². The van der Waals surface area contributed by atoms with E-state index in [1.807, 2.05) is 31.3 Å². The van der Waals surface area contributed by atoms with Gasteiger partial charge in [0.1, 0.15) is 6.61 Å². The van der Waals surface area contributed by atoms with E-state index in [1.165, 1.54) is 5.56 Å². The number of rotatable bonds is 7. The van der Waals surface area contributed by atoms with E-state index in [0.717, 1.165) is 34.5 Å². The third-order valence-electron chi connectivity index (χ3n) is 2.85. The van der Waals surface area contributed by atoms with Crippen molar-refractivity contribution in [1.29, 1.82) is 0 Å². The first kappa shape index (κ1) is 14.8. The van der Waals surface area contributed by atoms with E-state index in [4.69, 9.17) is 9.47 Å². The monoisotopic (exact) mass is 292 g/mol. The molecule has 0 aliphatic heterocycles. The number of methoxy groups -OCH3 is 1. The molecule has 0 bridgehead atoms. The van der Waals surface area contributed by atoms with E-state index in [2.05, 4.69) is 17.2 Å². The smallest absolute Gasteiger partial charge is 0.162 e. The molecule has 1 heterocycles. The number of benzene rings is 1. The third-order valence-corrected chi connectivity index (χ3v) is 3.73. The van der Waals surface area contributed by atoms with Gasteiger partial charge in [-0.15, -0.1) is 11.3 Å². The Kier molecular flexibility index (Phi) is 5.38. The number of aryl methyl sites for hydroxylation is 1. The Morgan fingerprint density at radius 3 is 2.80 bits per heavy atom. The van der Waals surface area contributed by atoms with Crippen molar-refractivity contribution in [2.24, 2.45) is 0 Å². The van der Waals surface area contributed by atoms with Crippen LogP contribution >= 0.6 is 11.3 Å². The van der Waals surface area contributed by atoms with Crippen molar-refractivity contribution >= 4 is 11.3 Å². The van der Waals surface area contributed by atoms with Crippen molar-refractivity contribution in [2.75, 3.05) is 13.7 Å². The lowest BCUT2D eigenvalue weighted by Crippen LogP contribution is -2.11. The molecule has 1 N–H and O–H groups in total. The van der Waals surface area contributed by atoms with Gasteiger partial charge in [-0.3, -0.25) is 0 Å². The van der Waals surface area contributed by atoms with Crippen LogP contribution in [0.3, 0.4) is 0 Å². The summed E-state index contributed by atoms with van der Waals surface area (Å²) in [6.07, 6.45) is 1.86. The quantitative estimate of drug-likeness (QED) is 0.851. The van der Waals surface area contributed by atoms with Crippen LogP contribution in [0, 0.1) is 6.92 Å². The van der Waals surface area contributed by atoms with Gasteiger partial charge in [0.15, 0.2) is 11.5 Å². The fraction of sp³-hybridized carbons (Fsp3) is 0.400. The summed E-state index contributed by atoms with van der Waals surface area (Å²) in [7, 11) is 1.66. The lowest BCUT2D eigenvalue weighted by atomic mass is 10.2. The topological polar surface area (TPSA) is 43.4 Å². The van der Waals surface area contributed by atoms with Gasteiger partial charge in [0.25, 0.3) is 0 Å². The maximum Gasteiger partial charge on any atom is 0.162 e. The summed E-state index contributed by atoms with van der Waals surface area (Å²) < 4.78 is 11.2. The van der Waals surface area contributed by atoms with Gasteiger partial charge in [-0.05, 0) is 31.2 Å². The molecule has 108 valence electrons. The zero-order chi connectivity index (χ0) is 14.4. The van der Waals surface area contributed by atoms with Crippen molar-refractivity contribution in [1.82, 2.24) is 10.3 Å². The normalized spacial score (nSPS) is 10.6. The Morgan fingerprint density at radius 1 is 1.30 bits per heavy atom. The largest absolute Gasteiger partial charge is 0.493 e. The van der Waals surface area contributed by atoms with Gasteiger partial charge in [0.2, 0.25) is 0 Å². The second-order valence-corrected chi connectivity index (χ2v) is 5.72. The molecular formula is C15H20N2O2S. The number of nitrogens with one attached hydrogen (secondary N) is 1. The highest BCUT2D eigenvalue weighted by molar-refractivity contribution is 7.11. The Labute approximate surface area is 123 Å². The van der Waals surface area contributed by atoms with Crippen LogP contribution in [0.2, 0.25) is 0 Å². The van der Waals surface area contributed by atoms with Gasteiger partial charge in [-0.1, -0.05) is 13.0 Å². The van der Waals surface area contributed by atoms with Crippen molar-refractivity contribution in [3.63, 3.8) is 0 Å². The molecule has 0 unspecified atom stereocenters. The van der Waals surface area contributed by atoms with Gasteiger partial charge in [-0.25, -0.2) is 4.98 Å². The van der Waals surface area contributed by atoms with Crippen molar-refractivity contribution in [2.45, 2.75) is 27.0 Å². The summed E-state index contributed by atoms with van der Waals surface area (Å²) in [4.78, 5) is 5.34. The molecule has 1 aromatic heterocycles. The molecule has 5 heteroatoms. The summed E-state index contributed by atoms with van der Waals surface area (Å²) in [5.74, 6) is 1.53. The Morgan fingerprint density at radius 2 is 2.15 bits per heavy atom. The molecule has 2 rings (SSSR count). The molecule has 1 aromatic carbocycles. The maximum absolute atomic E-state index is 5.87. The van der Waals surface area contributed by atoms with E-state index in [9.17, 15) is 0 Å². The number of aromatic nitrogens is 1. The molecule has 0 aliphatic rings. The molecule has 4 nitrogen and oxygen atoms in total. The summed E-state index contributed by atoms with van der Waals surface area (Å²) in [6, 6.07) is 6.01. The predicted molar refractivity (Wildman–Crippen MR) is 81.6 cm³/mol. The molecule has 0 aliphatic carbocycles. The fourth-order valence-electron chi connectivity index (χ4n) is 1.83. The van der Waals surface area contributed by atoms with Crippen LogP contribution in [0.5, 0.6) is 11.5 Å². The molecule has 0 radical (unpaired) electrons. The van der Waals surface area contributed by atoms with Gasteiger partial charge < -0.3 is 14.8 Å². The Hall–Kier alpha value is -1.59. The Bertz CT molecular complexity index is 555. The summed E-state index contributed by atoms with van der Waals surface area (Å²) in [5, 5.41) is 4.35. The number of hydrogen-bond donors (Lipinski definition) is 1. The molecule has 0 amide bonds. The first-order valence-corrected chi connectivity index (χ1v) is 7.46. The minimum atomic E-state index is 0.520. The maximum atomic E-state index is 5.87. The van der Waals surface area contributed by atoms with E-state index < -0.39 is 0 Å². The summed E-state index contributed by atoms with van der Waals surface area (Å²) in [5.41, 5.74) is 1.18. The molecule has 0 fully saturated rings. The lowest BCUT2D eigenvalue weighted by molar-refractivity contribution is 0.286. The number of ether oxygens (including phenoxy) is 2. The number of hydrogen-bond acceptors (Lipinski definition) is 5. The first-order chi connectivity index (χ1) is 9.72. The van der Waals surface area contributed by atoms with E-state index >= 15 is 0 Å². The first-order valence-electron chi connectivity index (χ1n) is 6.64. The summed E-state index contributed by atoms with van der Waals surface area (Å²) in [6.45, 7) is 6.38. The van der Waals surface area contributed by atoms with Crippen molar-refractivity contribution in [3.05, 3.63) is 39.8 Å². The molecule has 0 saturated carbocycles. The van der Waals surface area contributed by atoms with Crippen LogP contribution in [0.15, 0.2) is 24.4 Å². The molecule has 2 aromatic rings. The summed E-state index contributed by atoms with van der Waals surface area (Å²) >= 11 is 1.65. The highest BCUT2D eigenvalue weighted by Crippen LogP contribution is 2.29. The molecule has 20 heavy (non-hydrogen) atoms. The molecule has 0 spiro atoms. The van der Waals surface area contributed by atoms with Crippen LogP contribution in [-0.2, 0) is 13.2 Å². The second kappa shape index (κ2) is 7.26. The van der Waals surface area contributed by atoms with Crippen LogP contribution in [-0.4, -0.2) is 18.6 Å². The average molecular weight is 292 g/mol. The van der Waals surface area contributed by atoms with E-state index in [-0.39, 0.29) is 0 Å². The average Bonchev–Trinajstić information content (AvgIpc) is 2.88. The Balaban J connectivity index is 2.07. The highest BCUT2D eigenvalue weighted by Gasteiger charge is 2.07. The fourth-order valence-corrected chi connectivity index (χ4v) is 2.54. The lowest BCUT2D eigenvalue weighted by Gasteiger charge is -2.12. The van der Waals surface area contributed by atoms with Crippen LogP contribution in [0.1, 0.15) is 22.4 Å². The van der Waals surface area contributed by atoms with Gasteiger partial charge in [0.05, 0.1) is 17.0 Å². The van der Waals surface area contributed by atoms with Crippen LogP contribution in [0.4, 0.5) is 0 Å².